The second-order valence-corrected chi connectivity index (χ2v) is 2.26. The predicted octanol–water partition coefficient (Wildman–Crippen LogP) is 1.64. The van der Waals surface area contributed by atoms with E-state index in [1.807, 2.05) is 0 Å². The molecule has 0 heterocycles. The van der Waals surface area contributed by atoms with Crippen molar-refractivity contribution in [2.45, 2.75) is 6.92 Å². The maximum Gasteiger partial charge on any atom is 0.192 e. The first-order valence-electron chi connectivity index (χ1n) is 3.88. The van der Waals surface area contributed by atoms with Gasteiger partial charge in [0.05, 0.1) is 6.61 Å². The minimum Gasteiger partial charge on any atom is -0.232 e. The van der Waals surface area contributed by atoms with E-state index < -0.39 is 5.03 Å². The molecule has 0 bridgehead atoms. The first-order chi connectivity index (χ1) is 6.25. The van der Waals surface area contributed by atoms with Gasteiger partial charge in [-0.05, 0) is 19.1 Å². The van der Waals surface area contributed by atoms with Crippen LogP contribution in [0.3, 0.4) is 0 Å². The van der Waals surface area contributed by atoms with Gasteiger partial charge in [-0.3, -0.25) is 0 Å². The van der Waals surface area contributed by atoms with E-state index in [0.717, 1.165) is 0 Å². The molecule has 0 unspecified atom stereocenters. The summed E-state index contributed by atoms with van der Waals surface area (Å²) in [6.45, 7) is 1.95. The molecular formula is C8H10N2O3. The van der Waals surface area contributed by atoms with Crippen LogP contribution in [0.1, 0.15) is 6.92 Å². The highest BCUT2D eigenvalue weighted by molar-refractivity contribution is 5.40. The molecule has 0 aromatic heterocycles. The molecule has 0 aliphatic carbocycles. The molecule has 0 spiro atoms. The van der Waals surface area contributed by atoms with Crippen molar-refractivity contribution < 1.29 is 9.87 Å². The van der Waals surface area contributed by atoms with Crippen molar-refractivity contribution in [1.82, 2.24) is 0 Å². The summed E-state index contributed by atoms with van der Waals surface area (Å²) >= 11 is 0. The molecule has 0 fully saturated rings. The molecule has 5 nitrogen and oxygen atoms in total. The third-order valence-corrected chi connectivity index (χ3v) is 1.38. The first kappa shape index (κ1) is 9.47. The number of hydrazine groups is 1. The minimum atomic E-state index is -0.598. The second kappa shape index (κ2) is 4.42. The van der Waals surface area contributed by atoms with Gasteiger partial charge >= 0.3 is 0 Å². The molecule has 13 heavy (non-hydrogen) atoms. The van der Waals surface area contributed by atoms with Gasteiger partial charge in [0.15, 0.2) is 5.03 Å². The summed E-state index contributed by atoms with van der Waals surface area (Å²) in [6.07, 6.45) is 0. The highest BCUT2D eigenvalue weighted by Gasteiger charge is 2.16. The zero-order chi connectivity index (χ0) is 9.68. The molecule has 0 radical (unpaired) electrons. The van der Waals surface area contributed by atoms with E-state index in [1.54, 1.807) is 37.3 Å². The Bertz CT molecular complexity index is 276. The van der Waals surface area contributed by atoms with Gasteiger partial charge < -0.3 is 0 Å². The smallest absolute Gasteiger partial charge is 0.192 e. The van der Waals surface area contributed by atoms with Gasteiger partial charge in [-0.1, -0.05) is 18.2 Å². The Labute approximate surface area is 75.6 Å². The molecule has 0 saturated carbocycles. The summed E-state index contributed by atoms with van der Waals surface area (Å²) < 4.78 is 0. The third-order valence-electron chi connectivity index (χ3n) is 1.38. The molecule has 5 heteroatoms. The number of anilines is 1. The predicted molar refractivity (Wildman–Crippen MR) is 47.5 cm³/mol. The third kappa shape index (κ3) is 2.41. The van der Waals surface area contributed by atoms with Crippen molar-refractivity contribution in [2.24, 2.45) is 0 Å². The Kier molecular flexibility index (Phi) is 3.22. The van der Waals surface area contributed by atoms with Crippen molar-refractivity contribution >= 4 is 5.69 Å². The molecule has 0 saturated heterocycles. The number of benzene rings is 1. The zero-order valence-electron chi connectivity index (χ0n) is 7.21. The summed E-state index contributed by atoms with van der Waals surface area (Å²) in [4.78, 5) is 15.3. The Morgan fingerprint density at radius 1 is 1.46 bits per heavy atom. The molecule has 1 rings (SSSR count). The van der Waals surface area contributed by atoms with Crippen LogP contribution in [0.15, 0.2) is 30.3 Å². The van der Waals surface area contributed by atoms with Crippen molar-refractivity contribution in [3.05, 3.63) is 40.4 Å². The number of nitro groups is 1. The van der Waals surface area contributed by atoms with Crippen LogP contribution in [0.25, 0.3) is 0 Å². The summed E-state index contributed by atoms with van der Waals surface area (Å²) in [5, 5.41) is 10.6. The molecule has 0 amide bonds. The van der Waals surface area contributed by atoms with Crippen molar-refractivity contribution in [3.8, 4) is 0 Å². The van der Waals surface area contributed by atoms with E-state index in [1.165, 1.54) is 0 Å². The number of hydrogen-bond donors (Lipinski definition) is 0. The quantitative estimate of drug-likeness (QED) is 0.524. The Balaban J connectivity index is 2.82. The largest absolute Gasteiger partial charge is 0.232 e. The van der Waals surface area contributed by atoms with Gasteiger partial charge in [0, 0.05) is 5.17 Å². The molecule has 0 aliphatic rings. The van der Waals surface area contributed by atoms with Crippen LogP contribution >= 0.6 is 0 Å². The molecular weight excluding hydrogens is 172 g/mol. The number of hydrogen-bond acceptors (Lipinski definition) is 3. The lowest BCUT2D eigenvalue weighted by molar-refractivity contribution is -0.546. The molecule has 70 valence electrons. The van der Waals surface area contributed by atoms with Crippen LogP contribution < -0.4 is 5.17 Å². The lowest BCUT2D eigenvalue weighted by Crippen LogP contribution is -2.29. The number of rotatable bonds is 4. The van der Waals surface area contributed by atoms with Crippen LogP contribution in [0.4, 0.5) is 5.69 Å². The topological polar surface area (TPSA) is 55.6 Å². The minimum absolute atomic E-state index is 0.260. The molecule has 0 aliphatic heterocycles. The normalized spacial score (nSPS) is 9.62. The highest BCUT2D eigenvalue weighted by Crippen LogP contribution is 2.12. The van der Waals surface area contributed by atoms with Gasteiger partial charge in [-0.15, -0.1) is 0 Å². The summed E-state index contributed by atoms with van der Waals surface area (Å²) in [7, 11) is 0. The molecule has 1 aromatic carbocycles. The Morgan fingerprint density at radius 3 is 2.54 bits per heavy atom. The van der Waals surface area contributed by atoms with Crippen molar-refractivity contribution in [1.29, 1.82) is 0 Å². The first-order valence-corrected chi connectivity index (χ1v) is 3.88. The van der Waals surface area contributed by atoms with E-state index in [4.69, 9.17) is 4.84 Å². The monoisotopic (exact) mass is 182 g/mol. The fourth-order valence-electron chi connectivity index (χ4n) is 0.894. The van der Waals surface area contributed by atoms with Gasteiger partial charge in [-0.25, -0.2) is 15.0 Å². The summed E-state index contributed by atoms with van der Waals surface area (Å²) in [6, 6.07) is 8.43. The van der Waals surface area contributed by atoms with Gasteiger partial charge in [0.2, 0.25) is 0 Å². The molecule has 0 N–H and O–H groups in total. The highest BCUT2D eigenvalue weighted by atomic mass is 16.8. The fraction of sp³-hybridized carbons (Fsp3) is 0.250. The average molecular weight is 182 g/mol. The number of nitrogens with zero attached hydrogens (tertiary/aromatic N) is 2. The van der Waals surface area contributed by atoms with Crippen LogP contribution in [-0.2, 0) is 4.84 Å². The summed E-state index contributed by atoms with van der Waals surface area (Å²) in [5.74, 6) is 0. The number of para-hydroxylation sites is 1. The van der Waals surface area contributed by atoms with Crippen LogP contribution in [0, 0.1) is 10.1 Å². The lowest BCUT2D eigenvalue weighted by atomic mass is 10.3. The van der Waals surface area contributed by atoms with Crippen molar-refractivity contribution in [2.75, 3.05) is 11.8 Å². The summed E-state index contributed by atoms with van der Waals surface area (Å²) in [5.41, 5.74) is 0.411. The lowest BCUT2D eigenvalue weighted by Gasteiger charge is -2.10. The van der Waals surface area contributed by atoms with E-state index in [9.17, 15) is 10.1 Å². The van der Waals surface area contributed by atoms with Gasteiger partial charge in [0.1, 0.15) is 5.69 Å². The van der Waals surface area contributed by atoms with Gasteiger partial charge in [0.25, 0.3) is 0 Å². The van der Waals surface area contributed by atoms with E-state index in [-0.39, 0.29) is 6.61 Å². The van der Waals surface area contributed by atoms with Crippen LogP contribution in [0.2, 0.25) is 0 Å². The van der Waals surface area contributed by atoms with Crippen LogP contribution in [0.5, 0.6) is 0 Å². The standard InChI is InChI=1S/C8H10N2O3/c1-2-13-9(10(11)12)8-6-4-3-5-7-8/h3-7H,2H2,1H3. The van der Waals surface area contributed by atoms with E-state index >= 15 is 0 Å². The Hall–Kier alpha value is -1.62. The zero-order valence-corrected chi connectivity index (χ0v) is 7.21. The van der Waals surface area contributed by atoms with Gasteiger partial charge in [-0.2, -0.15) is 0 Å². The Morgan fingerprint density at radius 2 is 2.08 bits per heavy atom. The molecule has 1 aromatic rings. The average Bonchev–Trinajstić information content (AvgIpc) is 2.15. The SMILES string of the molecule is CCON(c1ccccc1)[N+](=O)[O-]. The van der Waals surface area contributed by atoms with Crippen LogP contribution in [-0.4, -0.2) is 11.6 Å². The second-order valence-electron chi connectivity index (χ2n) is 2.26. The van der Waals surface area contributed by atoms with E-state index in [0.29, 0.717) is 10.9 Å². The fourth-order valence-corrected chi connectivity index (χ4v) is 0.894. The maximum absolute atomic E-state index is 10.5. The maximum atomic E-state index is 10.5. The van der Waals surface area contributed by atoms with E-state index in [2.05, 4.69) is 0 Å². The van der Waals surface area contributed by atoms with Crippen molar-refractivity contribution in [3.63, 3.8) is 0 Å². The molecule has 0 atom stereocenters.